The third-order valence-corrected chi connectivity index (χ3v) is 10.4. The first-order valence-electron chi connectivity index (χ1n) is 13.6. The Morgan fingerprint density at radius 2 is 1.22 bits per heavy atom. The molecule has 1 aromatic carbocycles. The van der Waals surface area contributed by atoms with Gasteiger partial charge in [0.15, 0.2) is 0 Å². The first-order valence-corrected chi connectivity index (χ1v) is 19.2. The van der Waals surface area contributed by atoms with E-state index < -0.39 is 0 Å². The molecule has 0 spiro atoms. The van der Waals surface area contributed by atoms with Gasteiger partial charge in [-0.3, -0.25) is 0 Å². The summed E-state index contributed by atoms with van der Waals surface area (Å²) >= 11 is 1.72. The fourth-order valence-electron chi connectivity index (χ4n) is 6.04. The minimum absolute atomic E-state index is 0. The molecule has 0 radical (unpaired) electrons. The van der Waals surface area contributed by atoms with Crippen LogP contribution in [0.2, 0.25) is 0 Å². The van der Waals surface area contributed by atoms with Crippen LogP contribution in [0.15, 0.2) is 77.9 Å². The van der Waals surface area contributed by atoms with E-state index >= 15 is 0 Å². The van der Waals surface area contributed by atoms with Crippen molar-refractivity contribution in [3.05, 3.63) is 96.3 Å². The molecule has 0 amide bonds. The third-order valence-electron chi connectivity index (χ3n) is 8.18. The standard InChI is InChI=1S/2C13H19.C7H8Si.2ClH.Zr/c2*1-10-8-11-6-4-5-7-13(2,3)12(11)9-10;8-6-7-4-2-1-3-5-7;;;/h2*4-6,8,10,12H,7,9H2,1-3H3;1-5,8H,6H2;2*1H;/q2*-1;;;;+2/p-2. The number of benzene rings is 1. The summed E-state index contributed by atoms with van der Waals surface area (Å²) in [6.45, 7) is 14.2. The molecule has 4 atom stereocenters. The summed E-state index contributed by atoms with van der Waals surface area (Å²) in [5, 5.41) is 0. The number of fused-ring (bicyclic) bond motifs is 2. The zero-order chi connectivity index (χ0) is 25.5. The zero-order valence-corrected chi connectivity index (χ0v) is 28.8. The van der Waals surface area contributed by atoms with Crippen molar-refractivity contribution in [3.63, 3.8) is 0 Å². The fraction of sp³-hybridized carbons (Fsp3) is 0.515. The average Bonchev–Trinajstić information content (AvgIpc) is 3.31. The first kappa shape index (κ1) is 34.6. The first-order chi connectivity index (χ1) is 16.6. The molecule has 1 aromatic rings. The van der Waals surface area contributed by atoms with Crippen molar-refractivity contribution in [2.24, 2.45) is 34.5 Å². The van der Waals surface area contributed by atoms with Crippen molar-refractivity contribution in [3.8, 4) is 0 Å². The Hall–Kier alpha value is -0.400. The molecule has 0 N–H and O–H groups in total. The van der Waals surface area contributed by atoms with Crippen LogP contribution in [0.25, 0.3) is 0 Å². The van der Waals surface area contributed by atoms with E-state index in [1.54, 1.807) is 34.5 Å². The van der Waals surface area contributed by atoms with Crippen LogP contribution in [0.1, 0.15) is 72.8 Å². The van der Waals surface area contributed by atoms with E-state index in [9.17, 15) is 0 Å². The summed E-state index contributed by atoms with van der Waals surface area (Å²) in [6, 6.07) is 12.0. The topological polar surface area (TPSA) is 0 Å². The molecule has 5 rings (SSSR count). The van der Waals surface area contributed by atoms with Gasteiger partial charge < -0.3 is 24.8 Å². The monoisotopic (exact) mass is 630 g/mol. The van der Waals surface area contributed by atoms with Crippen LogP contribution in [0.5, 0.6) is 0 Å². The van der Waals surface area contributed by atoms with Gasteiger partial charge in [0.05, 0.1) is 0 Å². The molecule has 0 saturated heterocycles. The summed E-state index contributed by atoms with van der Waals surface area (Å²) in [4.78, 5) is 0. The van der Waals surface area contributed by atoms with Gasteiger partial charge in [-0.1, -0.05) is 66.2 Å². The normalized spacial score (nSPS) is 27.6. The Morgan fingerprint density at radius 1 is 0.784 bits per heavy atom. The van der Waals surface area contributed by atoms with E-state index in [1.165, 1.54) is 37.3 Å². The molecule has 4 heteroatoms. The van der Waals surface area contributed by atoms with Gasteiger partial charge in [-0.05, 0) is 35.5 Å². The van der Waals surface area contributed by atoms with Gasteiger partial charge >= 0.3 is 71.4 Å². The van der Waals surface area contributed by atoms with Crippen LogP contribution < -0.4 is 24.8 Å². The van der Waals surface area contributed by atoms with Crippen molar-refractivity contribution in [1.82, 2.24) is 0 Å². The van der Waals surface area contributed by atoms with Gasteiger partial charge in [-0.25, -0.2) is 36.1 Å². The van der Waals surface area contributed by atoms with Crippen LogP contribution in [0.3, 0.4) is 0 Å². The fourth-order valence-corrected chi connectivity index (χ4v) is 8.29. The van der Waals surface area contributed by atoms with Gasteiger partial charge in [-0.15, -0.1) is 24.3 Å². The molecule has 4 unspecified atom stereocenters. The van der Waals surface area contributed by atoms with Gasteiger partial charge in [0.25, 0.3) is 0 Å². The summed E-state index contributed by atoms with van der Waals surface area (Å²) in [5.74, 6) is 3.14. The maximum atomic E-state index is 2.45. The summed E-state index contributed by atoms with van der Waals surface area (Å²) in [5.41, 5.74) is 5.57. The summed E-state index contributed by atoms with van der Waals surface area (Å²) < 4.78 is 0. The van der Waals surface area contributed by atoms with Crippen molar-refractivity contribution in [1.29, 1.82) is 0 Å². The Bertz CT molecular complexity index is 902. The van der Waals surface area contributed by atoms with Gasteiger partial charge in [-0.2, -0.15) is 0 Å². The molecular weight excluding hydrogens is 587 g/mol. The van der Waals surface area contributed by atoms with Crippen LogP contribution in [0.4, 0.5) is 0 Å². The van der Waals surface area contributed by atoms with E-state index in [2.05, 4.69) is 121 Å². The van der Waals surface area contributed by atoms with Gasteiger partial charge in [0.2, 0.25) is 0 Å². The average molecular weight is 633 g/mol. The predicted octanol–water partition coefficient (Wildman–Crippen LogP) is 2.61. The molecular formula is C33H46Cl2SiZr-2. The molecule has 0 heterocycles. The Kier molecular flexibility index (Phi) is 15.0. The van der Waals surface area contributed by atoms with Crippen LogP contribution in [-0.4, -0.2) is 6.16 Å². The molecule has 0 bridgehead atoms. The second kappa shape index (κ2) is 16.0. The molecule has 2 saturated carbocycles. The van der Waals surface area contributed by atoms with Crippen molar-refractivity contribution < 1.29 is 48.1 Å². The summed E-state index contributed by atoms with van der Waals surface area (Å²) in [7, 11) is 0. The molecule has 0 nitrogen and oxygen atoms in total. The van der Waals surface area contributed by atoms with Crippen molar-refractivity contribution in [2.45, 2.75) is 73.3 Å². The Balaban J connectivity index is 0.000000275. The van der Waals surface area contributed by atoms with Crippen LogP contribution in [0, 0.1) is 47.3 Å². The molecule has 37 heavy (non-hydrogen) atoms. The molecule has 4 aliphatic rings. The molecule has 202 valence electrons. The third kappa shape index (κ3) is 10.3. The van der Waals surface area contributed by atoms with Gasteiger partial charge in [0.1, 0.15) is 0 Å². The van der Waals surface area contributed by atoms with Crippen molar-refractivity contribution >= 4 is 6.16 Å². The zero-order valence-electron chi connectivity index (χ0n) is 23.7. The predicted molar refractivity (Wildman–Crippen MR) is 152 cm³/mol. The van der Waals surface area contributed by atoms with Gasteiger partial charge in [0, 0.05) is 0 Å². The Labute approximate surface area is 256 Å². The van der Waals surface area contributed by atoms with E-state index in [-0.39, 0.29) is 24.8 Å². The Morgan fingerprint density at radius 3 is 1.62 bits per heavy atom. The second-order valence-electron chi connectivity index (χ2n) is 12.3. The molecule has 4 aliphatic carbocycles. The van der Waals surface area contributed by atoms with E-state index in [0.29, 0.717) is 17.0 Å². The number of rotatable bonds is 2. The number of hydrogen-bond donors (Lipinski definition) is 0. The van der Waals surface area contributed by atoms with Crippen molar-refractivity contribution in [2.75, 3.05) is 0 Å². The number of allylic oxidation sites excluding steroid dienone is 8. The van der Waals surface area contributed by atoms with E-state index in [1.807, 2.05) is 0 Å². The van der Waals surface area contributed by atoms with E-state index in [4.69, 9.17) is 0 Å². The number of halogens is 2. The van der Waals surface area contributed by atoms with E-state index in [0.717, 1.165) is 23.7 Å². The maximum absolute atomic E-state index is 2.45. The molecule has 0 aromatic heterocycles. The second-order valence-corrected chi connectivity index (χ2v) is 16.2. The molecule has 2 fully saturated rings. The molecule has 0 aliphatic heterocycles. The summed E-state index contributed by atoms with van der Waals surface area (Å²) in [6.07, 6.45) is 24.4. The van der Waals surface area contributed by atoms with Crippen LogP contribution in [-0.2, 0) is 29.4 Å². The number of hydrogen-bond acceptors (Lipinski definition) is 0. The quantitative estimate of drug-likeness (QED) is 0.348. The minimum atomic E-state index is 0. The van der Waals surface area contributed by atoms with Crippen LogP contribution >= 0.6 is 0 Å². The SMILES string of the molecule is CC1[CH-]C2=CC=CCC(C)(C)C2C1.CC1[CH-]C2=CC=CCC(C)(C)C2C1.[Cl-].[Cl-].[Zr+2]=[SiH]Cc1ccccc1.